The number of methoxy groups -OCH3 is 1. The maximum absolute atomic E-state index is 13.2. The number of alkyl halides is 1. The molecule has 0 spiro atoms. The van der Waals surface area contributed by atoms with E-state index in [1.165, 1.54) is 7.11 Å². The molecule has 0 aliphatic heterocycles. The second-order valence-electron chi connectivity index (χ2n) is 2.65. The molecule has 82 valence electrons. The standard InChI is InChI=1S/C9H6BrF2IO2/c1-15-9(14)6-4(3-10)2-5(11)7(12)8(6)13/h2H,3H2,1H3. The summed E-state index contributed by atoms with van der Waals surface area (Å²) in [6, 6.07) is 0.985. The highest BCUT2D eigenvalue weighted by Crippen LogP contribution is 2.25. The predicted molar refractivity (Wildman–Crippen MR) is 63.0 cm³/mol. The first-order valence-corrected chi connectivity index (χ1v) is 6.03. The number of esters is 1. The minimum Gasteiger partial charge on any atom is -0.465 e. The first-order valence-electron chi connectivity index (χ1n) is 3.83. The van der Waals surface area contributed by atoms with Crippen LogP contribution in [-0.2, 0) is 10.1 Å². The van der Waals surface area contributed by atoms with Crippen LogP contribution in [0, 0.1) is 15.2 Å². The molecule has 1 rings (SSSR count). The quantitative estimate of drug-likeness (QED) is 0.335. The van der Waals surface area contributed by atoms with Crippen molar-refractivity contribution in [3.05, 3.63) is 32.4 Å². The molecule has 6 heteroatoms. The molecule has 0 radical (unpaired) electrons. The molecule has 0 N–H and O–H groups in total. The molecule has 15 heavy (non-hydrogen) atoms. The van der Waals surface area contributed by atoms with Crippen molar-refractivity contribution in [3.63, 3.8) is 0 Å². The molecule has 0 amide bonds. The lowest BCUT2D eigenvalue weighted by Gasteiger charge is -2.09. The zero-order chi connectivity index (χ0) is 11.6. The lowest BCUT2D eigenvalue weighted by molar-refractivity contribution is 0.0597. The summed E-state index contributed by atoms with van der Waals surface area (Å²) < 4.78 is 30.7. The van der Waals surface area contributed by atoms with Crippen molar-refractivity contribution in [1.82, 2.24) is 0 Å². The van der Waals surface area contributed by atoms with Crippen LogP contribution in [0.15, 0.2) is 6.07 Å². The summed E-state index contributed by atoms with van der Waals surface area (Å²) in [5.41, 5.74) is 0.430. The second-order valence-corrected chi connectivity index (χ2v) is 4.29. The predicted octanol–water partition coefficient (Wildman–Crippen LogP) is 3.25. The molecule has 0 heterocycles. The van der Waals surface area contributed by atoms with Gasteiger partial charge < -0.3 is 4.74 Å². The molecule has 2 nitrogen and oxygen atoms in total. The van der Waals surface area contributed by atoms with Crippen LogP contribution in [-0.4, -0.2) is 13.1 Å². The van der Waals surface area contributed by atoms with Gasteiger partial charge in [-0.05, 0) is 34.2 Å². The molecule has 0 aliphatic carbocycles. The Labute approximate surface area is 107 Å². The molecule has 1 aromatic rings. The monoisotopic (exact) mass is 390 g/mol. The number of hydrogen-bond donors (Lipinski definition) is 0. The molecule has 0 saturated carbocycles. The minimum absolute atomic E-state index is 0.0612. The number of halogens is 4. The van der Waals surface area contributed by atoms with E-state index in [1.54, 1.807) is 22.6 Å². The number of carbonyl (C=O) groups is 1. The van der Waals surface area contributed by atoms with E-state index < -0.39 is 17.6 Å². The van der Waals surface area contributed by atoms with Crippen LogP contribution in [0.25, 0.3) is 0 Å². The van der Waals surface area contributed by atoms with E-state index in [4.69, 9.17) is 0 Å². The number of hydrogen-bond acceptors (Lipinski definition) is 2. The summed E-state index contributed by atoms with van der Waals surface area (Å²) in [5.74, 6) is -2.67. The van der Waals surface area contributed by atoms with Gasteiger partial charge in [0.15, 0.2) is 11.6 Å². The molecule has 1 aromatic carbocycles. The van der Waals surface area contributed by atoms with Gasteiger partial charge in [-0.15, -0.1) is 0 Å². The van der Waals surface area contributed by atoms with Gasteiger partial charge in [0.1, 0.15) is 0 Å². The van der Waals surface area contributed by atoms with E-state index in [0.29, 0.717) is 5.56 Å². The summed E-state index contributed by atoms with van der Waals surface area (Å²) in [5, 5.41) is 0.255. The first kappa shape index (κ1) is 12.8. The van der Waals surface area contributed by atoms with Gasteiger partial charge in [-0.3, -0.25) is 0 Å². The van der Waals surface area contributed by atoms with Crippen LogP contribution in [0.1, 0.15) is 15.9 Å². The Hall–Kier alpha value is -0.240. The van der Waals surface area contributed by atoms with Gasteiger partial charge in [-0.2, -0.15) is 0 Å². The minimum atomic E-state index is -1.03. The Morgan fingerprint density at radius 1 is 1.60 bits per heavy atom. The van der Waals surface area contributed by atoms with Crippen LogP contribution in [0.4, 0.5) is 8.78 Å². The van der Waals surface area contributed by atoms with Gasteiger partial charge in [0.05, 0.1) is 16.2 Å². The highest BCUT2D eigenvalue weighted by Gasteiger charge is 2.21. The topological polar surface area (TPSA) is 26.3 Å². The van der Waals surface area contributed by atoms with Crippen molar-refractivity contribution < 1.29 is 18.3 Å². The van der Waals surface area contributed by atoms with Crippen molar-refractivity contribution in [2.24, 2.45) is 0 Å². The van der Waals surface area contributed by atoms with Gasteiger partial charge in [0.2, 0.25) is 0 Å². The van der Waals surface area contributed by atoms with Gasteiger partial charge >= 0.3 is 5.97 Å². The molecular weight excluding hydrogens is 385 g/mol. The van der Waals surface area contributed by atoms with Crippen LogP contribution in [0.3, 0.4) is 0 Å². The number of rotatable bonds is 2. The van der Waals surface area contributed by atoms with Crippen LogP contribution in [0.5, 0.6) is 0 Å². The Morgan fingerprint density at radius 2 is 2.20 bits per heavy atom. The van der Waals surface area contributed by atoms with Crippen molar-refractivity contribution in [2.45, 2.75) is 5.33 Å². The number of benzene rings is 1. The highest BCUT2D eigenvalue weighted by atomic mass is 127. The molecule has 0 aromatic heterocycles. The van der Waals surface area contributed by atoms with Crippen molar-refractivity contribution in [3.8, 4) is 0 Å². The Morgan fingerprint density at radius 3 is 2.67 bits per heavy atom. The van der Waals surface area contributed by atoms with Crippen LogP contribution < -0.4 is 0 Å². The van der Waals surface area contributed by atoms with E-state index in [2.05, 4.69) is 20.7 Å². The van der Waals surface area contributed by atoms with Gasteiger partial charge in [-0.1, -0.05) is 15.9 Å². The Balaban J connectivity index is 3.47. The summed E-state index contributed by atoms with van der Waals surface area (Å²) in [4.78, 5) is 11.3. The summed E-state index contributed by atoms with van der Waals surface area (Å²) in [7, 11) is 1.19. The Kier molecular flexibility index (Phi) is 4.45. The second kappa shape index (κ2) is 5.20. The van der Waals surface area contributed by atoms with Crippen LogP contribution >= 0.6 is 38.5 Å². The lowest BCUT2D eigenvalue weighted by atomic mass is 10.1. The maximum atomic E-state index is 13.2. The Bertz CT molecular complexity index is 410. The summed E-state index contributed by atoms with van der Waals surface area (Å²) >= 11 is 4.68. The molecule has 0 fully saturated rings. The molecule has 0 bridgehead atoms. The molecule has 0 aliphatic rings. The normalized spacial score (nSPS) is 10.2. The third-order valence-corrected chi connectivity index (χ3v) is 3.39. The fraction of sp³-hybridized carbons (Fsp3) is 0.222. The maximum Gasteiger partial charge on any atom is 0.339 e. The van der Waals surface area contributed by atoms with Gasteiger partial charge in [0, 0.05) is 5.33 Å². The zero-order valence-corrected chi connectivity index (χ0v) is 11.4. The van der Waals surface area contributed by atoms with Crippen LogP contribution in [0.2, 0.25) is 0 Å². The summed E-state index contributed by atoms with van der Waals surface area (Å²) in [6.45, 7) is 0. The fourth-order valence-electron chi connectivity index (χ4n) is 1.07. The average molecular weight is 391 g/mol. The van der Waals surface area contributed by atoms with E-state index in [9.17, 15) is 13.6 Å². The largest absolute Gasteiger partial charge is 0.465 e. The molecular formula is C9H6BrF2IO2. The number of carbonyl (C=O) groups excluding carboxylic acids is 1. The van der Waals surface area contributed by atoms with Crippen molar-refractivity contribution in [1.29, 1.82) is 0 Å². The smallest absolute Gasteiger partial charge is 0.339 e. The third kappa shape index (κ3) is 2.47. The first-order chi connectivity index (χ1) is 7.02. The molecule has 0 unspecified atom stereocenters. The van der Waals surface area contributed by atoms with Gasteiger partial charge in [-0.25, -0.2) is 13.6 Å². The zero-order valence-electron chi connectivity index (χ0n) is 7.61. The van der Waals surface area contributed by atoms with Crippen molar-refractivity contribution >= 4 is 44.5 Å². The SMILES string of the molecule is COC(=O)c1c(CBr)cc(F)c(F)c1I. The van der Waals surface area contributed by atoms with E-state index >= 15 is 0 Å². The highest BCUT2D eigenvalue weighted by molar-refractivity contribution is 14.1. The molecule has 0 atom stereocenters. The van der Waals surface area contributed by atoms with Crippen molar-refractivity contribution in [2.75, 3.05) is 7.11 Å². The fourth-order valence-corrected chi connectivity index (χ4v) is 2.34. The number of ether oxygens (including phenoxy) is 1. The molecule has 0 saturated heterocycles. The summed E-state index contributed by atoms with van der Waals surface area (Å²) in [6.07, 6.45) is 0. The van der Waals surface area contributed by atoms with E-state index in [-0.39, 0.29) is 14.5 Å². The third-order valence-electron chi connectivity index (χ3n) is 1.78. The van der Waals surface area contributed by atoms with E-state index in [0.717, 1.165) is 6.07 Å². The average Bonchev–Trinajstić information content (AvgIpc) is 2.24. The van der Waals surface area contributed by atoms with E-state index in [1.807, 2.05) is 0 Å². The van der Waals surface area contributed by atoms with Gasteiger partial charge in [0.25, 0.3) is 0 Å². The lowest BCUT2D eigenvalue weighted by Crippen LogP contribution is -2.10.